The number of hydrogen-bond acceptors (Lipinski definition) is 27. The van der Waals surface area contributed by atoms with Gasteiger partial charge in [-0.3, -0.25) is 95.9 Å². The minimum absolute atomic E-state index is 0.0871. The zero-order valence-electron chi connectivity index (χ0n) is 79.3. The van der Waals surface area contributed by atoms with Crippen LogP contribution in [-0.2, 0) is 102 Å². The van der Waals surface area contributed by atoms with Crippen molar-refractivity contribution in [3.8, 4) is 0 Å². The van der Waals surface area contributed by atoms with Crippen LogP contribution in [0.2, 0.25) is 0 Å². The number of aromatic nitrogens is 1. The molecular formula is C88H140N22O22S4. The Labute approximate surface area is 809 Å². The number of carboxylic acids is 1. The Morgan fingerprint density at radius 2 is 1.01 bits per heavy atom. The molecule has 48 heteroatoms. The third-order valence-corrected chi connectivity index (χ3v) is 27.8. The van der Waals surface area contributed by atoms with Crippen molar-refractivity contribution < 1.29 is 106 Å². The van der Waals surface area contributed by atoms with Gasteiger partial charge in [0.1, 0.15) is 96.7 Å². The molecule has 4 aliphatic heterocycles. The summed E-state index contributed by atoms with van der Waals surface area (Å²) in [6.45, 7) is 18.2. The van der Waals surface area contributed by atoms with Crippen LogP contribution in [-0.4, -0.2) is 308 Å². The number of para-hydroxylation sites is 1. The molecule has 4 bridgehead atoms. The number of unbranched alkanes of at least 4 members (excludes halogenated alkanes) is 4. The number of carbonyl (C=O) groups excluding carboxylic acids is 19. The van der Waals surface area contributed by atoms with Crippen LogP contribution < -0.4 is 112 Å². The average molecular weight is 1990 g/mol. The Bertz CT molecular complexity index is 4530. The number of carboxylic acid groups (broad SMARTS) is 1. The second-order valence-corrected chi connectivity index (χ2v) is 40.8. The molecule has 1 unspecified atom stereocenters. The summed E-state index contributed by atoms with van der Waals surface area (Å²) in [6.07, 6.45) is 2.03. The summed E-state index contributed by atoms with van der Waals surface area (Å²) in [6, 6.07) is -21.7. The van der Waals surface area contributed by atoms with E-state index < -0.39 is 323 Å². The van der Waals surface area contributed by atoms with Crippen molar-refractivity contribution in [1.82, 2.24) is 106 Å². The highest BCUT2D eigenvalue weighted by atomic mass is 32.2. The second-order valence-electron chi connectivity index (χ2n) is 36.3. The molecule has 44 nitrogen and oxygen atoms in total. The smallest absolute Gasteiger partial charge is 0.303 e. The summed E-state index contributed by atoms with van der Waals surface area (Å²) in [5.41, 5.74) is 13.3. The van der Waals surface area contributed by atoms with E-state index in [-0.39, 0.29) is 43.9 Å². The van der Waals surface area contributed by atoms with E-state index in [1.807, 2.05) is 0 Å². The van der Waals surface area contributed by atoms with Crippen LogP contribution in [0.4, 0.5) is 0 Å². The Balaban J connectivity index is 1.61. The predicted octanol–water partition coefficient (Wildman–Crippen LogP) is -4.51. The van der Waals surface area contributed by atoms with E-state index in [1.54, 1.807) is 99.7 Å². The fraction of sp³-hybridized carbons (Fsp3) is 0.682. The lowest BCUT2D eigenvalue weighted by Crippen LogP contribution is -2.63. The molecule has 5 heterocycles. The van der Waals surface area contributed by atoms with Crippen LogP contribution in [0.1, 0.15) is 173 Å². The number of carbonyl (C=O) groups is 20. The van der Waals surface area contributed by atoms with Gasteiger partial charge in [0.05, 0.1) is 25.7 Å². The molecule has 1 aromatic heterocycles. The molecule has 4 aliphatic rings. The van der Waals surface area contributed by atoms with Crippen molar-refractivity contribution in [2.24, 2.45) is 41.1 Å². The summed E-state index contributed by atoms with van der Waals surface area (Å²) in [5.74, 6) is -26.5. The van der Waals surface area contributed by atoms with Gasteiger partial charge in [0.15, 0.2) is 0 Å². The Hall–Kier alpha value is -10.6. The van der Waals surface area contributed by atoms with Crippen LogP contribution >= 0.6 is 47.9 Å². The molecule has 26 N–H and O–H groups in total. The predicted molar refractivity (Wildman–Crippen MR) is 513 cm³/mol. The Morgan fingerprint density at radius 3 is 1.62 bits per heavy atom. The molecule has 21 atom stereocenters. The second kappa shape index (κ2) is 56.3. The normalized spacial score (nSPS) is 28.7. The van der Waals surface area contributed by atoms with Crippen molar-refractivity contribution in [2.45, 2.75) is 292 Å². The number of rotatable bonds is 24. The van der Waals surface area contributed by atoms with E-state index in [0.29, 0.717) is 35.9 Å². The number of nitrogens with two attached hydrogens (primary N) is 2. The van der Waals surface area contributed by atoms with Crippen LogP contribution in [0, 0.1) is 29.6 Å². The van der Waals surface area contributed by atoms with Gasteiger partial charge < -0.3 is 128 Å². The summed E-state index contributed by atoms with van der Waals surface area (Å²) in [5, 5.41) is 66.8. The Kier molecular flexibility index (Phi) is 47.3. The maximum atomic E-state index is 15.9. The number of fused-ring (bicyclic) bond motifs is 19. The lowest BCUT2D eigenvalue weighted by molar-refractivity contribution is -0.139. The van der Waals surface area contributed by atoms with Gasteiger partial charge in [-0.05, 0) is 99.6 Å². The molecule has 136 heavy (non-hydrogen) atoms. The van der Waals surface area contributed by atoms with Gasteiger partial charge in [-0.15, -0.1) is 0 Å². The third kappa shape index (κ3) is 36.1. The highest BCUT2D eigenvalue weighted by molar-refractivity contribution is 8.00. The van der Waals surface area contributed by atoms with E-state index in [4.69, 9.17) is 24.1 Å². The molecule has 0 saturated carbocycles. The highest BCUT2D eigenvalue weighted by Gasteiger charge is 2.44. The first kappa shape index (κ1) is 114. The van der Waals surface area contributed by atoms with Crippen LogP contribution in [0.3, 0.4) is 0 Å². The number of thioether (sulfide) groups is 3. The van der Waals surface area contributed by atoms with Crippen LogP contribution in [0.25, 0.3) is 10.9 Å². The van der Waals surface area contributed by atoms with E-state index in [9.17, 15) is 53.4 Å². The van der Waals surface area contributed by atoms with Crippen molar-refractivity contribution >= 4 is 177 Å². The highest BCUT2D eigenvalue weighted by Crippen LogP contribution is 2.26. The zero-order chi connectivity index (χ0) is 101. The minimum atomic E-state index is -2.06. The monoisotopic (exact) mass is 1980 g/mol. The van der Waals surface area contributed by atoms with E-state index in [1.165, 1.54) is 20.8 Å². The third-order valence-electron chi connectivity index (χ3n) is 23.4. The number of aliphatic hydroxyl groups is 1. The van der Waals surface area contributed by atoms with Gasteiger partial charge in [0, 0.05) is 75.2 Å². The topological polar surface area (TPSA) is 678 Å². The standard InChI is InChI=1S/C88H140N22O22S4/c1-14-45(10)68-85(129)98-54(25-27-65(114)115)77(121)97-53-24-26-62(133)71(110-82(126)59-38-134-37-51(90)73(117)101-58(36-111)75(119)94-34-63(112)96-57(80(124)107-66(43(6)7)83(127)103-59)32-49-33-92-52-23-19-18-22-50(49)52)88(132)100-56(31-42(4)5)79(123)109-70(87(131)108-68)48(13)136-40-61-81(125)95-46(11)72(116)102-60(76(120)91-29-21-17-15-16-20-28-89)39-135-47(12)69(105-64(113)35-93-74(53)118)86(130)99-55(30-41(2)3)78(122)106-67(44(8)9)84(128)104-61/h18-19,22-23,33,41-48,51,53-62,66-71,92,111,133H,14-17,20-21,24-32,34-40,89-90H2,1-13H3,(H,91,120)(H,93,118)(H,94,119)(H,95,125)(H,96,112)(H,97,121)(H,98,129)(H,99,130)(H,100,132)(H,101,117)(H,102,116)(H,103,127)(H,104,128)(H,105,113)(H,106,122)(H,107,124)(H,108,131)(H,109,123)(H,110,126)(H,114,115)/t45?,46-,47-,48-,51-,53-,54-,55-,56-,57-,58-,59-,60-,61-,62-,66-,67-,68-,69-,70+,71+/m0/s1. The number of H-pyrrole nitrogens is 1. The number of aliphatic hydroxyl groups excluding tert-OH is 1. The molecule has 1 aromatic carbocycles. The number of aromatic amines is 1. The number of aliphatic carboxylic acids is 1. The number of thiol groups is 1. The lowest BCUT2D eigenvalue weighted by atomic mass is 9.96. The van der Waals surface area contributed by atoms with Crippen molar-refractivity contribution in [3.63, 3.8) is 0 Å². The van der Waals surface area contributed by atoms with Gasteiger partial charge in [0.2, 0.25) is 112 Å². The quantitative estimate of drug-likeness (QED) is 0.0268. The molecule has 0 aliphatic carbocycles. The fourth-order valence-corrected chi connectivity index (χ4v) is 18.7. The van der Waals surface area contributed by atoms with E-state index in [2.05, 4.69) is 106 Å². The van der Waals surface area contributed by atoms with Crippen LogP contribution in [0.5, 0.6) is 0 Å². The van der Waals surface area contributed by atoms with Crippen molar-refractivity contribution in [2.75, 3.05) is 55.8 Å². The van der Waals surface area contributed by atoms with Gasteiger partial charge in [-0.1, -0.05) is 127 Å². The van der Waals surface area contributed by atoms with Gasteiger partial charge >= 0.3 is 5.97 Å². The largest absolute Gasteiger partial charge is 0.481 e. The summed E-state index contributed by atoms with van der Waals surface area (Å²) >= 11 is 7.36. The van der Waals surface area contributed by atoms with Gasteiger partial charge in [-0.25, -0.2) is 0 Å². The molecule has 2 aromatic rings. The molecule has 4 saturated heterocycles. The SMILES string of the molecule is CCC(C)[C@@H]1NC(=O)[C@@H]2NC(=O)[C@H](CC(C)C)NC(=O)[C@H](NC(=O)[C@@H]3CSC[C@H](N)C(=O)N[C@@H](CO)C(=O)NCC(=O)N[C@@H](Cc4c[nH]c5ccccc45)C(=O)N[C@@H](C(C)C)C(=O)N3)[C@@H](S)CC[C@H](NC(=O)[C@H](CCC(=O)O)NC1=O)C(=O)NCC(=O)N[C@@H]1C(=O)N[C@@H](CC(C)C)C(=O)N[C@@H](C(C)C)C(=O)N[C@@H](CS[C@H]2C)C(=O)N[C@@H](C)C(=O)N[C@H](C(=O)NCCCCCCCN)CS[C@H]1C. The first-order chi connectivity index (χ1) is 64.2. The number of benzene rings is 1. The molecule has 4 fully saturated rings. The number of amides is 19. The van der Waals surface area contributed by atoms with Gasteiger partial charge in [0.25, 0.3) is 0 Å². The van der Waals surface area contributed by atoms with Crippen molar-refractivity contribution in [3.05, 3.63) is 36.0 Å². The minimum Gasteiger partial charge on any atom is -0.481 e. The molecule has 758 valence electrons. The van der Waals surface area contributed by atoms with Gasteiger partial charge in [-0.2, -0.15) is 47.9 Å². The summed E-state index contributed by atoms with van der Waals surface area (Å²) < 4.78 is 0. The molecular weight excluding hydrogens is 1850 g/mol. The Morgan fingerprint density at radius 1 is 0.493 bits per heavy atom. The molecule has 6 rings (SSSR count). The summed E-state index contributed by atoms with van der Waals surface area (Å²) in [4.78, 5) is 300. The van der Waals surface area contributed by atoms with Crippen LogP contribution in [0.15, 0.2) is 30.5 Å². The summed E-state index contributed by atoms with van der Waals surface area (Å²) in [7, 11) is 0. The number of hydrogen-bond donors (Lipinski definition) is 25. The molecule has 19 amide bonds. The van der Waals surface area contributed by atoms with E-state index in [0.717, 1.165) is 54.5 Å². The van der Waals surface area contributed by atoms with Crippen molar-refractivity contribution in [1.29, 1.82) is 0 Å². The first-order valence-electron chi connectivity index (χ1n) is 46.3. The molecule has 0 spiro atoms. The maximum Gasteiger partial charge on any atom is 0.303 e. The molecule has 0 radical (unpaired) electrons. The van der Waals surface area contributed by atoms with E-state index >= 15 is 52.7 Å². The fourth-order valence-electron chi connectivity index (χ4n) is 15.1. The average Bonchev–Trinajstić information content (AvgIpc) is 1.72. The first-order valence-corrected chi connectivity index (χ1v) is 50.0. The lowest BCUT2D eigenvalue weighted by Gasteiger charge is -2.32. The zero-order valence-corrected chi connectivity index (χ0v) is 82.6. The number of nitrogens with one attached hydrogen (secondary N) is 20. The maximum absolute atomic E-state index is 15.9.